The van der Waals surface area contributed by atoms with E-state index < -0.39 is 5.97 Å². The highest BCUT2D eigenvalue weighted by Gasteiger charge is 2.10. The van der Waals surface area contributed by atoms with Crippen molar-refractivity contribution >= 4 is 17.6 Å². The summed E-state index contributed by atoms with van der Waals surface area (Å²) in [4.78, 5) is 11.6. The molecule has 0 unspecified atom stereocenters. The summed E-state index contributed by atoms with van der Waals surface area (Å²) in [6.45, 7) is 0. The Morgan fingerprint density at radius 2 is 1.80 bits per heavy atom. The molecule has 0 aliphatic rings. The molecule has 0 amide bonds. The largest absolute Gasteiger partial charge is 0.465 e. The standard InChI is InChI=1S/C21H15NO3/c1-24-21(23)17-9-5-8-16(12-17)20-11-10-19(25-20)13-18(14-22)15-6-3-2-4-7-15/h2-13H,1H3/b18-13-. The van der Waals surface area contributed by atoms with Gasteiger partial charge in [0.2, 0.25) is 0 Å². The molecule has 4 nitrogen and oxygen atoms in total. The minimum Gasteiger partial charge on any atom is -0.465 e. The molecule has 1 aromatic heterocycles. The summed E-state index contributed by atoms with van der Waals surface area (Å²) >= 11 is 0. The van der Waals surface area contributed by atoms with Crippen molar-refractivity contribution in [3.63, 3.8) is 0 Å². The molecule has 0 aliphatic carbocycles. The third-order valence-electron chi connectivity index (χ3n) is 3.69. The molecule has 25 heavy (non-hydrogen) atoms. The second-order valence-corrected chi connectivity index (χ2v) is 5.31. The number of methoxy groups -OCH3 is 1. The van der Waals surface area contributed by atoms with Gasteiger partial charge >= 0.3 is 5.97 Å². The number of carbonyl (C=O) groups excluding carboxylic acids is 1. The lowest BCUT2D eigenvalue weighted by molar-refractivity contribution is 0.0601. The predicted molar refractivity (Wildman–Crippen MR) is 95.4 cm³/mol. The van der Waals surface area contributed by atoms with Crippen molar-refractivity contribution in [2.75, 3.05) is 7.11 Å². The molecule has 0 saturated carbocycles. The van der Waals surface area contributed by atoms with E-state index >= 15 is 0 Å². The van der Waals surface area contributed by atoms with Gasteiger partial charge in [0, 0.05) is 5.56 Å². The summed E-state index contributed by atoms with van der Waals surface area (Å²) in [5.41, 5.74) is 2.57. The van der Waals surface area contributed by atoms with E-state index in [2.05, 4.69) is 6.07 Å². The van der Waals surface area contributed by atoms with Crippen molar-refractivity contribution in [1.82, 2.24) is 0 Å². The molecule has 0 aliphatic heterocycles. The van der Waals surface area contributed by atoms with E-state index in [9.17, 15) is 10.1 Å². The lowest BCUT2D eigenvalue weighted by Gasteiger charge is -2.01. The number of furan rings is 1. The average molecular weight is 329 g/mol. The molecule has 0 radical (unpaired) electrons. The highest BCUT2D eigenvalue weighted by atomic mass is 16.5. The number of carbonyl (C=O) groups is 1. The molecule has 0 saturated heterocycles. The molecule has 0 N–H and O–H groups in total. The predicted octanol–water partition coefficient (Wildman–Crippen LogP) is 4.80. The van der Waals surface area contributed by atoms with Gasteiger partial charge in [0.15, 0.2) is 0 Å². The Labute approximate surface area is 145 Å². The summed E-state index contributed by atoms with van der Waals surface area (Å²) in [7, 11) is 1.35. The van der Waals surface area contributed by atoms with Crippen LogP contribution in [-0.4, -0.2) is 13.1 Å². The third kappa shape index (κ3) is 3.67. The fourth-order valence-corrected chi connectivity index (χ4v) is 2.44. The Morgan fingerprint density at radius 1 is 1.04 bits per heavy atom. The minimum absolute atomic E-state index is 0.399. The first-order valence-electron chi connectivity index (χ1n) is 7.67. The van der Waals surface area contributed by atoms with Crippen LogP contribution in [0.15, 0.2) is 71.1 Å². The number of ether oxygens (including phenoxy) is 1. The molecular formula is C21H15NO3. The zero-order valence-corrected chi connectivity index (χ0v) is 13.6. The van der Waals surface area contributed by atoms with E-state index in [1.165, 1.54) is 7.11 Å². The van der Waals surface area contributed by atoms with Crippen molar-refractivity contribution in [1.29, 1.82) is 5.26 Å². The Morgan fingerprint density at radius 3 is 2.52 bits per heavy atom. The summed E-state index contributed by atoms with van der Waals surface area (Å²) in [5, 5.41) is 9.38. The number of hydrogen-bond donors (Lipinski definition) is 0. The summed E-state index contributed by atoms with van der Waals surface area (Å²) in [5.74, 6) is 0.783. The van der Waals surface area contributed by atoms with Crippen LogP contribution in [0.3, 0.4) is 0 Å². The Hall–Kier alpha value is -3.58. The molecule has 0 spiro atoms. The first kappa shape index (κ1) is 16.3. The van der Waals surface area contributed by atoms with Crippen LogP contribution in [0, 0.1) is 11.3 Å². The van der Waals surface area contributed by atoms with Gasteiger partial charge in [0.1, 0.15) is 11.5 Å². The molecule has 2 aromatic carbocycles. The zero-order valence-electron chi connectivity index (χ0n) is 13.6. The Kier molecular flexibility index (Phi) is 4.77. The molecule has 4 heteroatoms. The maximum Gasteiger partial charge on any atom is 0.337 e. The quantitative estimate of drug-likeness (QED) is 0.509. The minimum atomic E-state index is -0.399. The fraction of sp³-hybridized carbons (Fsp3) is 0.0476. The van der Waals surface area contributed by atoms with Gasteiger partial charge in [-0.2, -0.15) is 5.26 Å². The smallest absolute Gasteiger partial charge is 0.337 e. The Bertz CT molecular complexity index is 962. The lowest BCUT2D eigenvalue weighted by atomic mass is 10.1. The number of esters is 1. The van der Waals surface area contributed by atoms with Crippen LogP contribution in [0.4, 0.5) is 0 Å². The van der Waals surface area contributed by atoms with Gasteiger partial charge in [0.05, 0.1) is 24.3 Å². The third-order valence-corrected chi connectivity index (χ3v) is 3.69. The monoisotopic (exact) mass is 329 g/mol. The van der Waals surface area contributed by atoms with Crippen LogP contribution in [0.5, 0.6) is 0 Å². The summed E-state index contributed by atoms with van der Waals surface area (Å²) in [6, 6.07) is 22.2. The van der Waals surface area contributed by atoms with E-state index in [0.29, 0.717) is 22.7 Å². The van der Waals surface area contributed by atoms with E-state index in [1.807, 2.05) is 42.5 Å². The van der Waals surface area contributed by atoms with E-state index in [0.717, 1.165) is 11.1 Å². The van der Waals surface area contributed by atoms with Gasteiger partial charge in [0.25, 0.3) is 0 Å². The highest BCUT2D eigenvalue weighted by Crippen LogP contribution is 2.26. The van der Waals surface area contributed by atoms with E-state index in [4.69, 9.17) is 9.15 Å². The van der Waals surface area contributed by atoms with Crippen molar-refractivity contribution in [3.8, 4) is 17.4 Å². The maximum absolute atomic E-state index is 11.6. The normalized spacial score (nSPS) is 11.0. The molecule has 1 heterocycles. The van der Waals surface area contributed by atoms with Gasteiger partial charge in [-0.3, -0.25) is 0 Å². The van der Waals surface area contributed by atoms with E-state index in [-0.39, 0.29) is 0 Å². The van der Waals surface area contributed by atoms with Crippen molar-refractivity contribution in [3.05, 3.63) is 83.6 Å². The van der Waals surface area contributed by atoms with Gasteiger partial charge < -0.3 is 9.15 Å². The van der Waals surface area contributed by atoms with E-state index in [1.54, 1.807) is 30.3 Å². The molecule has 3 rings (SSSR count). The van der Waals surface area contributed by atoms with Crippen molar-refractivity contribution in [2.45, 2.75) is 0 Å². The SMILES string of the molecule is COC(=O)c1cccc(-c2ccc(/C=C(/C#N)c3ccccc3)o2)c1. The molecule has 3 aromatic rings. The molecule has 0 bridgehead atoms. The zero-order chi connectivity index (χ0) is 17.6. The second-order valence-electron chi connectivity index (χ2n) is 5.31. The average Bonchev–Trinajstić information content (AvgIpc) is 3.15. The first-order valence-corrected chi connectivity index (χ1v) is 7.67. The van der Waals surface area contributed by atoms with Crippen LogP contribution in [-0.2, 0) is 4.74 Å². The summed E-state index contributed by atoms with van der Waals surface area (Å²) in [6.07, 6.45) is 1.70. The second kappa shape index (κ2) is 7.33. The van der Waals surface area contributed by atoms with Crippen LogP contribution in [0.2, 0.25) is 0 Å². The first-order chi connectivity index (χ1) is 12.2. The lowest BCUT2D eigenvalue weighted by Crippen LogP contribution is -2.00. The maximum atomic E-state index is 11.6. The molecule has 122 valence electrons. The molecular weight excluding hydrogens is 314 g/mol. The van der Waals surface area contributed by atoms with Gasteiger partial charge in [-0.25, -0.2) is 4.79 Å². The molecule has 0 fully saturated rings. The highest BCUT2D eigenvalue weighted by molar-refractivity contribution is 5.91. The van der Waals surface area contributed by atoms with Crippen LogP contribution in [0.25, 0.3) is 23.0 Å². The fourth-order valence-electron chi connectivity index (χ4n) is 2.44. The van der Waals surface area contributed by atoms with Crippen molar-refractivity contribution in [2.24, 2.45) is 0 Å². The van der Waals surface area contributed by atoms with Crippen LogP contribution < -0.4 is 0 Å². The number of nitriles is 1. The van der Waals surface area contributed by atoms with Crippen LogP contribution in [0.1, 0.15) is 21.7 Å². The van der Waals surface area contributed by atoms with Gasteiger partial charge in [-0.05, 0) is 35.9 Å². The molecule has 0 atom stereocenters. The van der Waals surface area contributed by atoms with Gasteiger partial charge in [-0.1, -0.05) is 42.5 Å². The summed E-state index contributed by atoms with van der Waals surface area (Å²) < 4.78 is 10.5. The Balaban J connectivity index is 1.92. The number of benzene rings is 2. The number of rotatable bonds is 4. The number of hydrogen-bond acceptors (Lipinski definition) is 4. The van der Waals surface area contributed by atoms with Crippen molar-refractivity contribution < 1.29 is 13.9 Å². The number of allylic oxidation sites excluding steroid dienone is 1. The topological polar surface area (TPSA) is 63.2 Å². The number of nitrogens with zero attached hydrogens (tertiary/aromatic N) is 1. The van der Waals surface area contributed by atoms with Gasteiger partial charge in [-0.15, -0.1) is 0 Å². The van der Waals surface area contributed by atoms with Crippen LogP contribution >= 0.6 is 0 Å².